The average Bonchev–Trinajstić information content (AvgIpc) is 2.43. The van der Waals surface area contributed by atoms with Crippen molar-refractivity contribution in [1.29, 1.82) is 0 Å². The number of nitrogens with two attached hydrogens (primary N) is 1. The smallest absolute Gasteiger partial charge is 0.232 e. The summed E-state index contributed by atoms with van der Waals surface area (Å²) < 4.78 is 5.35. The summed E-state index contributed by atoms with van der Waals surface area (Å²) in [5.41, 5.74) is 9.70. The third-order valence-corrected chi connectivity index (χ3v) is 4.24. The summed E-state index contributed by atoms with van der Waals surface area (Å²) >= 11 is 0. The van der Waals surface area contributed by atoms with Crippen LogP contribution in [0.15, 0.2) is 12.1 Å². The summed E-state index contributed by atoms with van der Waals surface area (Å²) in [4.78, 5) is 12.7. The molecule has 4 nitrogen and oxygen atoms in total. The molecule has 1 aromatic carbocycles. The molecule has 0 aliphatic carbocycles. The summed E-state index contributed by atoms with van der Waals surface area (Å²) in [6.07, 6.45) is 1.39. The zero-order valence-electron chi connectivity index (χ0n) is 12.6. The zero-order valence-corrected chi connectivity index (χ0v) is 12.6. The van der Waals surface area contributed by atoms with Crippen molar-refractivity contribution in [2.24, 2.45) is 11.1 Å². The number of anilines is 1. The number of hydrogen-bond donors (Lipinski definition) is 2. The van der Waals surface area contributed by atoms with E-state index >= 15 is 0 Å². The largest absolute Gasteiger partial charge is 0.381 e. The van der Waals surface area contributed by atoms with Crippen LogP contribution in [0, 0.1) is 26.2 Å². The zero-order chi connectivity index (χ0) is 14.8. The van der Waals surface area contributed by atoms with Crippen LogP contribution in [0.5, 0.6) is 0 Å². The Bertz CT molecular complexity index is 482. The molecule has 4 heteroatoms. The number of carbonyl (C=O) groups excluding carboxylic acids is 1. The van der Waals surface area contributed by atoms with Crippen LogP contribution in [-0.2, 0) is 9.53 Å². The molecule has 3 N–H and O–H groups in total. The van der Waals surface area contributed by atoms with Gasteiger partial charge in [-0.2, -0.15) is 0 Å². The van der Waals surface area contributed by atoms with E-state index in [1.165, 1.54) is 5.56 Å². The van der Waals surface area contributed by atoms with Crippen LogP contribution in [0.25, 0.3) is 0 Å². The molecule has 1 aliphatic rings. The van der Waals surface area contributed by atoms with E-state index in [-0.39, 0.29) is 5.91 Å². The average molecular weight is 276 g/mol. The molecule has 0 atom stereocenters. The highest BCUT2D eigenvalue weighted by Gasteiger charge is 2.39. The molecular formula is C16H24N2O2. The maximum Gasteiger partial charge on any atom is 0.232 e. The minimum Gasteiger partial charge on any atom is -0.381 e. The van der Waals surface area contributed by atoms with Gasteiger partial charge >= 0.3 is 0 Å². The van der Waals surface area contributed by atoms with E-state index in [0.29, 0.717) is 32.6 Å². The molecule has 0 spiro atoms. The number of nitrogens with one attached hydrogen (secondary N) is 1. The van der Waals surface area contributed by atoms with Gasteiger partial charge in [-0.05, 0) is 44.7 Å². The summed E-state index contributed by atoms with van der Waals surface area (Å²) in [7, 11) is 0. The third-order valence-electron chi connectivity index (χ3n) is 4.24. The Kier molecular flexibility index (Phi) is 4.45. The number of rotatable bonds is 3. The first-order valence-corrected chi connectivity index (χ1v) is 7.16. The van der Waals surface area contributed by atoms with Crippen LogP contribution in [0.3, 0.4) is 0 Å². The summed E-state index contributed by atoms with van der Waals surface area (Å²) in [6, 6.07) is 4.17. The van der Waals surface area contributed by atoms with E-state index in [1.807, 2.05) is 13.8 Å². The Morgan fingerprint density at radius 1 is 1.25 bits per heavy atom. The van der Waals surface area contributed by atoms with Crippen LogP contribution >= 0.6 is 0 Å². The fourth-order valence-corrected chi connectivity index (χ4v) is 2.91. The molecule has 1 aliphatic heterocycles. The Morgan fingerprint density at radius 2 is 1.80 bits per heavy atom. The van der Waals surface area contributed by atoms with Crippen LogP contribution < -0.4 is 11.1 Å². The van der Waals surface area contributed by atoms with Gasteiger partial charge in [0.2, 0.25) is 5.91 Å². The molecule has 1 heterocycles. The van der Waals surface area contributed by atoms with Gasteiger partial charge in [0.15, 0.2) is 0 Å². The molecule has 110 valence electrons. The molecule has 1 amide bonds. The molecule has 1 saturated heterocycles. The molecule has 0 bridgehead atoms. The van der Waals surface area contributed by atoms with E-state index < -0.39 is 5.41 Å². The lowest BCUT2D eigenvalue weighted by molar-refractivity contribution is -0.130. The monoisotopic (exact) mass is 276 g/mol. The molecule has 0 unspecified atom stereocenters. The van der Waals surface area contributed by atoms with E-state index in [0.717, 1.165) is 16.8 Å². The van der Waals surface area contributed by atoms with Crippen LogP contribution in [0.2, 0.25) is 0 Å². The highest BCUT2D eigenvalue weighted by Crippen LogP contribution is 2.32. The topological polar surface area (TPSA) is 64.4 Å². The second kappa shape index (κ2) is 5.94. The van der Waals surface area contributed by atoms with Crippen molar-refractivity contribution in [3.05, 3.63) is 28.8 Å². The summed E-state index contributed by atoms with van der Waals surface area (Å²) in [5.74, 6) is 0.0263. The second-order valence-electron chi connectivity index (χ2n) is 5.82. The number of ether oxygens (including phenoxy) is 1. The molecule has 0 radical (unpaired) electrons. The van der Waals surface area contributed by atoms with Crippen molar-refractivity contribution >= 4 is 11.6 Å². The predicted octanol–water partition coefficient (Wildman–Crippen LogP) is 2.31. The normalized spacial score (nSPS) is 17.8. The Labute approximate surface area is 120 Å². The van der Waals surface area contributed by atoms with E-state index in [4.69, 9.17) is 10.5 Å². The highest BCUT2D eigenvalue weighted by molar-refractivity contribution is 5.97. The van der Waals surface area contributed by atoms with Gasteiger partial charge in [-0.3, -0.25) is 4.79 Å². The third kappa shape index (κ3) is 2.86. The van der Waals surface area contributed by atoms with Crippen LogP contribution in [0.1, 0.15) is 29.5 Å². The van der Waals surface area contributed by atoms with Crippen LogP contribution in [-0.4, -0.2) is 25.7 Å². The van der Waals surface area contributed by atoms with Crippen molar-refractivity contribution < 1.29 is 9.53 Å². The quantitative estimate of drug-likeness (QED) is 0.890. The lowest BCUT2D eigenvalue weighted by Crippen LogP contribution is -2.46. The van der Waals surface area contributed by atoms with Crippen molar-refractivity contribution in [3.8, 4) is 0 Å². The number of benzene rings is 1. The maximum atomic E-state index is 12.7. The molecule has 1 fully saturated rings. The van der Waals surface area contributed by atoms with Gasteiger partial charge in [0, 0.05) is 25.4 Å². The van der Waals surface area contributed by atoms with Gasteiger partial charge in [-0.15, -0.1) is 0 Å². The maximum absolute atomic E-state index is 12.7. The molecule has 2 rings (SSSR count). The van der Waals surface area contributed by atoms with Crippen molar-refractivity contribution in [2.75, 3.05) is 25.1 Å². The standard InChI is InChI=1S/C16H24N2O2/c1-11-8-12(2)14(13(3)9-11)18-15(19)16(10-17)4-6-20-7-5-16/h8-9H,4-7,10,17H2,1-3H3,(H,18,19). The summed E-state index contributed by atoms with van der Waals surface area (Å²) in [6.45, 7) is 7.69. The molecule has 0 saturated carbocycles. The van der Waals surface area contributed by atoms with Gasteiger partial charge in [-0.25, -0.2) is 0 Å². The first-order valence-electron chi connectivity index (χ1n) is 7.16. The Hall–Kier alpha value is -1.39. The minimum atomic E-state index is -0.484. The van der Waals surface area contributed by atoms with Gasteiger partial charge in [0.1, 0.15) is 0 Å². The molecule has 1 aromatic rings. The minimum absolute atomic E-state index is 0.0263. The first kappa shape index (κ1) is 15.0. The number of amides is 1. The first-order chi connectivity index (χ1) is 9.48. The predicted molar refractivity (Wildman–Crippen MR) is 80.8 cm³/mol. The fraction of sp³-hybridized carbons (Fsp3) is 0.562. The number of aryl methyl sites for hydroxylation is 3. The van der Waals surface area contributed by atoms with E-state index in [9.17, 15) is 4.79 Å². The second-order valence-corrected chi connectivity index (χ2v) is 5.82. The Morgan fingerprint density at radius 3 is 2.30 bits per heavy atom. The lowest BCUT2D eigenvalue weighted by atomic mass is 9.79. The SMILES string of the molecule is Cc1cc(C)c(NC(=O)C2(CN)CCOCC2)c(C)c1. The van der Waals surface area contributed by atoms with Crippen LogP contribution in [0.4, 0.5) is 5.69 Å². The number of carbonyl (C=O) groups is 1. The highest BCUT2D eigenvalue weighted by atomic mass is 16.5. The Balaban J connectivity index is 2.23. The molecule has 20 heavy (non-hydrogen) atoms. The van der Waals surface area contributed by atoms with Crippen molar-refractivity contribution in [3.63, 3.8) is 0 Å². The van der Waals surface area contributed by atoms with Gasteiger partial charge in [-0.1, -0.05) is 17.7 Å². The number of hydrogen-bond acceptors (Lipinski definition) is 3. The van der Waals surface area contributed by atoms with E-state index in [1.54, 1.807) is 0 Å². The van der Waals surface area contributed by atoms with E-state index in [2.05, 4.69) is 24.4 Å². The molecule has 0 aromatic heterocycles. The van der Waals surface area contributed by atoms with Crippen molar-refractivity contribution in [1.82, 2.24) is 0 Å². The van der Waals surface area contributed by atoms with Gasteiger partial charge < -0.3 is 15.8 Å². The molecular weight excluding hydrogens is 252 g/mol. The fourth-order valence-electron chi connectivity index (χ4n) is 2.91. The summed E-state index contributed by atoms with van der Waals surface area (Å²) in [5, 5.41) is 3.09. The van der Waals surface area contributed by atoms with Crippen molar-refractivity contribution in [2.45, 2.75) is 33.6 Å². The van der Waals surface area contributed by atoms with Gasteiger partial charge in [0.25, 0.3) is 0 Å². The lowest BCUT2D eigenvalue weighted by Gasteiger charge is -2.34. The van der Waals surface area contributed by atoms with Gasteiger partial charge in [0.05, 0.1) is 5.41 Å².